The summed E-state index contributed by atoms with van der Waals surface area (Å²) in [5, 5.41) is 3.46. The lowest BCUT2D eigenvalue weighted by molar-refractivity contribution is 0.0994. The Balaban J connectivity index is 0. The lowest BCUT2D eigenvalue weighted by Crippen LogP contribution is -2.49. The van der Waals surface area contributed by atoms with E-state index in [-0.39, 0.29) is 5.54 Å². The largest absolute Gasteiger partial charge is 0.313 e. The summed E-state index contributed by atoms with van der Waals surface area (Å²) in [7, 11) is 0. The van der Waals surface area contributed by atoms with Gasteiger partial charge in [0.25, 0.3) is 0 Å². The highest BCUT2D eigenvalue weighted by Crippen LogP contribution is 2.15. The van der Waals surface area contributed by atoms with E-state index in [2.05, 4.69) is 79.5 Å². The SMILES string of the molecule is CC(C)C.CC(C)NCCN(C(C)C)C(C)(C)C. The monoisotopic (exact) mass is 258 g/mol. The minimum absolute atomic E-state index is 0.271. The molecule has 0 aliphatic heterocycles. The first-order chi connectivity index (χ1) is 7.98. The molecule has 0 aliphatic rings. The van der Waals surface area contributed by atoms with Gasteiger partial charge in [-0.15, -0.1) is 0 Å². The number of nitrogens with one attached hydrogen (secondary N) is 1. The van der Waals surface area contributed by atoms with Crippen molar-refractivity contribution in [3.05, 3.63) is 0 Å². The first-order valence-corrected chi connectivity index (χ1v) is 7.48. The van der Waals surface area contributed by atoms with Gasteiger partial charge in [-0.2, -0.15) is 0 Å². The van der Waals surface area contributed by atoms with Gasteiger partial charge in [-0.1, -0.05) is 34.6 Å². The van der Waals surface area contributed by atoms with Crippen molar-refractivity contribution in [1.82, 2.24) is 10.2 Å². The van der Waals surface area contributed by atoms with Crippen LogP contribution in [0.15, 0.2) is 0 Å². The van der Waals surface area contributed by atoms with Crippen LogP contribution >= 0.6 is 0 Å². The van der Waals surface area contributed by atoms with Crippen molar-refractivity contribution in [3.63, 3.8) is 0 Å². The van der Waals surface area contributed by atoms with Gasteiger partial charge in [0.1, 0.15) is 0 Å². The summed E-state index contributed by atoms with van der Waals surface area (Å²) in [5.41, 5.74) is 0.271. The van der Waals surface area contributed by atoms with E-state index in [1.54, 1.807) is 0 Å². The van der Waals surface area contributed by atoms with Crippen molar-refractivity contribution in [2.24, 2.45) is 5.92 Å². The molecule has 1 N–H and O–H groups in total. The van der Waals surface area contributed by atoms with Crippen LogP contribution in [0.2, 0.25) is 0 Å². The van der Waals surface area contributed by atoms with E-state index in [1.165, 1.54) is 0 Å². The second-order valence-electron chi connectivity index (χ2n) is 7.30. The average Bonchev–Trinajstić information content (AvgIpc) is 2.07. The molecule has 0 spiro atoms. The third-order valence-electron chi connectivity index (χ3n) is 2.39. The molecule has 0 aromatic carbocycles. The van der Waals surface area contributed by atoms with E-state index in [0.717, 1.165) is 19.0 Å². The molecular weight excluding hydrogens is 220 g/mol. The molecule has 0 unspecified atom stereocenters. The van der Waals surface area contributed by atoms with E-state index in [9.17, 15) is 0 Å². The molecule has 0 radical (unpaired) electrons. The van der Waals surface area contributed by atoms with Crippen LogP contribution in [-0.4, -0.2) is 35.6 Å². The Bertz CT molecular complexity index is 175. The van der Waals surface area contributed by atoms with Crippen molar-refractivity contribution >= 4 is 0 Å². The van der Waals surface area contributed by atoms with Crippen LogP contribution in [-0.2, 0) is 0 Å². The number of hydrogen-bond donors (Lipinski definition) is 1. The van der Waals surface area contributed by atoms with Crippen LogP contribution in [0.5, 0.6) is 0 Å². The molecule has 112 valence electrons. The Labute approximate surface area is 117 Å². The lowest BCUT2D eigenvalue weighted by Gasteiger charge is -2.39. The van der Waals surface area contributed by atoms with E-state index in [1.807, 2.05) is 0 Å². The fourth-order valence-electron chi connectivity index (χ4n) is 1.84. The maximum atomic E-state index is 3.46. The van der Waals surface area contributed by atoms with E-state index in [4.69, 9.17) is 0 Å². The fourth-order valence-corrected chi connectivity index (χ4v) is 1.84. The van der Waals surface area contributed by atoms with Gasteiger partial charge in [0.05, 0.1) is 0 Å². The van der Waals surface area contributed by atoms with Gasteiger partial charge in [0, 0.05) is 30.7 Å². The van der Waals surface area contributed by atoms with Crippen molar-refractivity contribution < 1.29 is 0 Å². The van der Waals surface area contributed by atoms with Crippen LogP contribution in [0.1, 0.15) is 69.2 Å². The van der Waals surface area contributed by atoms with Crippen molar-refractivity contribution in [2.75, 3.05) is 13.1 Å². The molecule has 0 saturated heterocycles. The smallest absolute Gasteiger partial charge is 0.0128 e. The maximum Gasteiger partial charge on any atom is 0.0128 e. The highest BCUT2D eigenvalue weighted by molar-refractivity contribution is 4.79. The Hall–Kier alpha value is -0.0800. The summed E-state index contributed by atoms with van der Waals surface area (Å²) >= 11 is 0. The van der Waals surface area contributed by atoms with E-state index >= 15 is 0 Å². The Morgan fingerprint density at radius 3 is 1.50 bits per heavy atom. The molecule has 2 heteroatoms. The minimum Gasteiger partial charge on any atom is -0.313 e. The predicted octanol–water partition coefficient (Wildman–Crippen LogP) is 4.16. The van der Waals surface area contributed by atoms with Crippen molar-refractivity contribution in [1.29, 1.82) is 0 Å². The lowest BCUT2D eigenvalue weighted by atomic mass is 10.0. The highest BCUT2D eigenvalue weighted by Gasteiger charge is 2.22. The molecule has 0 amide bonds. The second-order valence-corrected chi connectivity index (χ2v) is 7.30. The van der Waals surface area contributed by atoms with Crippen LogP contribution < -0.4 is 5.32 Å². The molecule has 0 saturated carbocycles. The van der Waals surface area contributed by atoms with Gasteiger partial charge < -0.3 is 5.32 Å². The Morgan fingerprint density at radius 1 is 0.889 bits per heavy atom. The Morgan fingerprint density at radius 2 is 1.28 bits per heavy atom. The summed E-state index contributed by atoms with van der Waals surface area (Å²) in [5.74, 6) is 0.833. The normalized spacial score (nSPS) is 12.3. The summed E-state index contributed by atoms with van der Waals surface area (Å²) in [6.07, 6.45) is 0. The molecule has 0 atom stereocenters. The molecular formula is C16H38N2. The fraction of sp³-hybridized carbons (Fsp3) is 1.00. The zero-order valence-electron chi connectivity index (χ0n) is 14.6. The molecule has 2 nitrogen and oxygen atoms in total. The van der Waals surface area contributed by atoms with Crippen LogP contribution in [0.4, 0.5) is 0 Å². The Kier molecular flexibility index (Phi) is 11.0. The summed E-state index contributed by atoms with van der Waals surface area (Å²) in [6, 6.07) is 1.20. The maximum absolute atomic E-state index is 3.46. The topological polar surface area (TPSA) is 15.3 Å². The average molecular weight is 258 g/mol. The standard InChI is InChI=1S/C12H28N2.C4H10/c1-10(2)13-8-9-14(11(3)4)12(5,6)7;1-4(2)3/h10-11,13H,8-9H2,1-7H3;4H,1-3H3. The molecule has 0 bridgehead atoms. The number of nitrogens with zero attached hydrogens (tertiary/aromatic N) is 1. The van der Waals surface area contributed by atoms with E-state index < -0.39 is 0 Å². The quantitative estimate of drug-likeness (QED) is 0.797. The van der Waals surface area contributed by atoms with Gasteiger partial charge in [0.2, 0.25) is 0 Å². The molecule has 0 rings (SSSR count). The molecule has 18 heavy (non-hydrogen) atoms. The van der Waals surface area contributed by atoms with Crippen molar-refractivity contribution in [2.45, 2.75) is 86.9 Å². The zero-order valence-corrected chi connectivity index (χ0v) is 14.6. The molecule has 0 heterocycles. The molecule has 0 aromatic rings. The first kappa shape index (κ1) is 20.2. The third-order valence-corrected chi connectivity index (χ3v) is 2.39. The van der Waals surface area contributed by atoms with Crippen LogP contribution in [0.25, 0.3) is 0 Å². The molecule has 0 fully saturated rings. The number of rotatable bonds is 5. The van der Waals surface area contributed by atoms with Gasteiger partial charge in [-0.05, 0) is 40.5 Å². The minimum atomic E-state index is 0.271. The van der Waals surface area contributed by atoms with Gasteiger partial charge in [0.15, 0.2) is 0 Å². The summed E-state index contributed by atoms with van der Waals surface area (Å²) in [4.78, 5) is 2.53. The van der Waals surface area contributed by atoms with Gasteiger partial charge >= 0.3 is 0 Å². The van der Waals surface area contributed by atoms with Crippen LogP contribution in [0.3, 0.4) is 0 Å². The predicted molar refractivity (Wildman–Crippen MR) is 85.2 cm³/mol. The van der Waals surface area contributed by atoms with E-state index in [0.29, 0.717) is 12.1 Å². The van der Waals surface area contributed by atoms with Gasteiger partial charge in [-0.3, -0.25) is 4.90 Å². The number of hydrogen-bond acceptors (Lipinski definition) is 2. The first-order valence-electron chi connectivity index (χ1n) is 7.48. The summed E-state index contributed by atoms with van der Waals surface area (Å²) in [6.45, 7) is 24.5. The summed E-state index contributed by atoms with van der Waals surface area (Å²) < 4.78 is 0. The highest BCUT2D eigenvalue weighted by atomic mass is 15.2. The third kappa shape index (κ3) is 14.0. The second kappa shape index (κ2) is 9.80. The van der Waals surface area contributed by atoms with Crippen molar-refractivity contribution in [3.8, 4) is 0 Å². The molecule has 0 aromatic heterocycles. The molecule has 0 aliphatic carbocycles. The van der Waals surface area contributed by atoms with Crippen LogP contribution in [0, 0.1) is 5.92 Å². The zero-order chi connectivity index (χ0) is 14.9. The van der Waals surface area contributed by atoms with Gasteiger partial charge in [-0.25, -0.2) is 0 Å².